The van der Waals surface area contributed by atoms with E-state index in [1.807, 2.05) is 30.3 Å². The van der Waals surface area contributed by atoms with Crippen LogP contribution in [0.3, 0.4) is 0 Å². The molecular weight excluding hydrogens is 294 g/mol. The maximum Gasteiger partial charge on any atom is 0.227 e. The van der Waals surface area contributed by atoms with Gasteiger partial charge in [-0.3, -0.25) is 4.79 Å². The molecule has 0 unspecified atom stereocenters. The van der Waals surface area contributed by atoms with Gasteiger partial charge in [0.05, 0.1) is 6.42 Å². The Bertz CT molecular complexity index is 852. The summed E-state index contributed by atoms with van der Waals surface area (Å²) in [6.45, 7) is 0.720. The van der Waals surface area contributed by atoms with Crippen molar-refractivity contribution in [3.8, 4) is 0 Å². The van der Waals surface area contributed by atoms with Gasteiger partial charge in [0.25, 0.3) is 0 Å². The summed E-state index contributed by atoms with van der Waals surface area (Å²) < 4.78 is 0. The molecule has 0 atom stereocenters. The van der Waals surface area contributed by atoms with Crippen molar-refractivity contribution in [1.82, 2.24) is 4.90 Å². The van der Waals surface area contributed by atoms with Crippen LogP contribution in [0.4, 0.5) is 0 Å². The zero-order valence-corrected chi connectivity index (χ0v) is 13.7. The second kappa shape index (κ2) is 6.48. The number of hydrogen-bond acceptors (Lipinski definition) is 1. The Labute approximate surface area is 142 Å². The fourth-order valence-corrected chi connectivity index (χ4v) is 3.21. The summed E-state index contributed by atoms with van der Waals surface area (Å²) >= 11 is 0. The largest absolute Gasteiger partial charge is 0.335 e. The first-order chi connectivity index (χ1) is 11.8. The molecule has 0 N–H and O–H groups in total. The molecule has 1 saturated carbocycles. The number of benzene rings is 3. The van der Waals surface area contributed by atoms with Crippen LogP contribution in [0.5, 0.6) is 0 Å². The maximum absolute atomic E-state index is 12.9. The molecule has 3 aromatic rings. The second-order valence-electron chi connectivity index (χ2n) is 6.60. The minimum absolute atomic E-state index is 0.233. The van der Waals surface area contributed by atoms with E-state index in [0.29, 0.717) is 12.5 Å². The van der Waals surface area contributed by atoms with Gasteiger partial charge < -0.3 is 4.90 Å². The maximum atomic E-state index is 12.9. The number of carbonyl (C=O) groups is 1. The molecule has 0 aliphatic heterocycles. The van der Waals surface area contributed by atoms with Gasteiger partial charge in [-0.2, -0.15) is 0 Å². The number of fused-ring (bicyclic) bond motifs is 1. The van der Waals surface area contributed by atoms with Crippen LogP contribution in [0.2, 0.25) is 0 Å². The van der Waals surface area contributed by atoms with Gasteiger partial charge >= 0.3 is 0 Å². The number of rotatable bonds is 5. The van der Waals surface area contributed by atoms with Crippen molar-refractivity contribution in [2.75, 3.05) is 0 Å². The van der Waals surface area contributed by atoms with Crippen LogP contribution in [-0.2, 0) is 17.8 Å². The molecule has 24 heavy (non-hydrogen) atoms. The van der Waals surface area contributed by atoms with E-state index in [1.165, 1.54) is 16.3 Å². The monoisotopic (exact) mass is 315 g/mol. The van der Waals surface area contributed by atoms with Crippen LogP contribution >= 0.6 is 0 Å². The topological polar surface area (TPSA) is 20.3 Å². The molecule has 0 bridgehead atoms. The molecule has 2 nitrogen and oxygen atoms in total. The lowest BCUT2D eigenvalue weighted by molar-refractivity contribution is -0.131. The molecule has 4 rings (SSSR count). The van der Waals surface area contributed by atoms with Crippen molar-refractivity contribution in [1.29, 1.82) is 0 Å². The number of hydrogen-bond donors (Lipinski definition) is 0. The van der Waals surface area contributed by atoms with Gasteiger partial charge in [-0.05, 0) is 34.7 Å². The minimum Gasteiger partial charge on any atom is -0.335 e. The molecule has 3 aromatic carbocycles. The summed E-state index contributed by atoms with van der Waals surface area (Å²) in [5.41, 5.74) is 2.30. The third-order valence-corrected chi connectivity index (χ3v) is 4.67. The zero-order valence-electron chi connectivity index (χ0n) is 13.7. The fourth-order valence-electron chi connectivity index (χ4n) is 3.21. The normalized spacial score (nSPS) is 13.8. The summed E-state index contributed by atoms with van der Waals surface area (Å²) in [6, 6.07) is 25.3. The first-order valence-corrected chi connectivity index (χ1v) is 8.61. The lowest BCUT2D eigenvalue weighted by atomic mass is 10.0. The molecule has 1 amide bonds. The predicted octanol–water partition coefficient (Wildman–Crippen LogP) is 4.57. The number of amides is 1. The van der Waals surface area contributed by atoms with Crippen molar-refractivity contribution < 1.29 is 4.79 Å². The van der Waals surface area contributed by atoms with Gasteiger partial charge in [-0.1, -0.05) is 72.8 Å². The van der Waals surface area contributed by atoms with E-state index in [0.717, 1.165) is 24.9 Å². The lowest BCUT2D eigenvalue weighted by Gasteiger charge is -2.23. The highest BCUT2D eigenvalue weighted by Crippen LogP contribution is 2.29. The molecule has 120 valence electrons. The third kappa shape index (κ3) is 3.33. The molecule has 1 aliphatic carbocycles. The van der Waals surface area contributed by atoms with Gasteiger partial charge in [-0.25, -0.2) is 0 Å². The first kappa shape index (κ1) is 14.9. The van der Waals surface area contributed by atoms with Gasteiger partial charge in [0.15, 0.2) is 0 Å². The molecular formula is C22H21NO. The van der Waals surface area contributed by atoms with E-state index >= 15 is 0 Å². The molecule has 0 saturated heterocycles. The molecule has 0 radical (unpaired) electrons. The quantitative estimate of drug-likeness (QED) is 0.675. The standard InChI is InChI=1S/C22H21NO/c24-22(15-18-10-11-19-8-4-5-9-20(19)14-18)23(21-12-13-21)16-17-6-2-1-3-7-17/h1-11,14,21H,12-13,15-16H2. The van der Waals surface area contributed by atoms with Crippen LogP contribution < -0.4 is 0 Å². The third-order valence-electron chi connectivity index (χ3n) is 4.67. The van der Waals surface area contributed by atoms with Gasteiger partial charge in [-0.15, -0.1) is 0 Å². The van der Waals surface area contributed by atoms with Crippen molar-refractivity contribution >= 4 is 16.7 Å². The Kier molecular flexibility index (Phi) is 4.04. The fraction of sp³-hybridized carbons (Fsp3) is 0.227. The highest BCUT2D eigenvalue weighted by Gasteiger charge is 2.32. The van der Waals surface area contributed by atoms with Crippen LogP contribution in [0.25, 0.3) is 10.8 Å². The summed E-state index contributed by atoms with van der Waals surface area (Å²) in [5, 5.41) is 2.42. The summed E-state index contributed by atoms with van der Waals surface area (Å²) in [7, 11) is 0. The molecule has 0 heterocycles. The highest BCUT2D eigenvalue weighted by molar-refractivity contribution is 5.85. The SMILES string of the molecule is O=C(Cc1ccc2ccccc2c1)N(Cc1ccccc1)C1CC1. The van der Waals surface area contributed by atoms with Crippen molar-refractivity contribution in [2.45, 2.75) is 31.8 Å². The number of nitrogens with zero attached hydrogens (tertiary/aromatic N) is 1. The molecule has 0 spiro atoms. The minimum atomic E-state index is 0.233. The Morgan fingerprint density at radius 2 is 1.54 bits per heavy atom. The molecule has 2 heteroatoms. The van der Waals surface area contributed by atoms with E-state index < -0.39 is 0 Å². The average molecular weight is 315 g/mol. The lowest BCUT2D eigenvalue weighted by Crippen LogP contribution is -2.33. The Hall–Kier alpha value is -2.61. The summed E-state index contributed by atoms with van der Waals surface area (Å²) in [5.74, 6) is 0.233. The van der Waals surface area contributed by atoms with E-state index in [9.17, 15) is 4.79 Å². The van der Waals surface area contributed by atoms with Gasteiger partial charge in [0.2, 0.25) is 5.91 Å². The van der Waals surface area contributed by atoms with E-state index in [1.54, 1.807) is 0 Å². The highest BCUT2D eigenvalue weighted by atomic mass is 16.2. The van der Waals surface area contributed by atoms with E-state index in [4.69, 9.17) is 0 Å². The van der Waals surface area contributed by atoms with Crippen LogP contribution in [-0.4, -0.2) is 16.8 Å². The average Bonchev–Trinajstić information content (AvgIpc) is 3.45. The summed E-state index contributed by atoms with van der Waals surface area (Å²) in [4.78, 5) is 14.9. The molecule has 1 aliphatic rings. The van der Waals surface area contributed by atoms with Crippen molar-refractivity contribution in [2.24, 2.45) is 0 Å². The van der Waals surface area contributed by atoms with Crippen LogP contribution in [0, 0.1) is 0 Å². The van der Waals surface area contributed by atoms with Crippen molar-refractivity contribution in [3.05, 3.63) is 83.9 Å². The Morgan fingerprint density at radius 1 is 0.833 bits per heavy atom. The Morgan fingerprint density at radius 3 is 2.29 bits per heavy atom. The van der Waals surface area contributed by atoms with Gasteiger partial charge in [0, 0.05) is 12.6 Å². The van der Waals surface area contributed by atoms with Crippen LogP contribution in [0.15, 0.2) is 72.8 Å². The molecule has 1 fully saturated rings. The van der Waals surface area contributed by atoms with Crippen molar-refractivity contribution in [3.63, 3.8) is 0 Å². The predicted molar refractivity (Wildman–Crippen MR) is 97.7 cm³/mol. The van der Waals surface area contributed by atoms with E-state index in [2.05, 4.69) is 47.4 Å². The zero-order chi connectivity index (χ0) is 16.4. The first-order valence-electron chi connectivity index (χ1n) is 8.61. The molecule has 0 aromatic heterocycles. The number of carbonyl (C=O) groups excluding carboxylic acids is 1. The second-order valence-corrected chi connectivity index (χ2v) is 6.60. The summed E-state index contributed by atoms with van der Waals surface area (Å²) in [6.07, 6.45) is 2.75. The smallest absolute Gasteiger partial charge is 0.227 e. The van der Waals surface area contributed by atoms with Gasteiger partial charge in [0.1, 0.15) is 0 Å². The Balaban J connectivity index is 1.52. The van der Waals surface area contributed by atoms with E-state index in [-0.39, 0.29) is 5.91 Å². The van der Waals surface area contributed by atoms with Crippen LogP contribution in [0.1, 0.15) is 24.0 Å².